The minimum absolute atomic E-state index is 0.0317. The van der Waals surface area contributed by atoms with Crippen LogP contribution >= 0.6 is 0 Å². The summed E-state index contributed by atoms with van der Waals surface area (Å²) in [5, 5.41) is 9.83. The Hall–Kier alpha value is -2.70. The minimum Gasteiger partial charge on any atom is -0.479 e. The first kappa shape index (κ1) is 37.8. The van der Waals surface area contributed by atoms with Crippen LogP contribution in [0.4, 0.5) is 0 Å². The van der Waals surface area contributed by atoms with Gasteiger partial charge in [-0.1, -0.05) is 134 Å². The number of unbranched alkanes of at least 4 members (excludes halogenated alkanes) is 3. The van der Waals surface area contributed by atoms with Crippen LogP contribution in [0.25, 0.3) is 11.1 Å². The number of carbonyl (C=O) groups excluding carboxylic acids is 1. The first-order valence-corrected chi connectivity index (χ1v) is 20.7. The highest BCUT2D eigenvalue weighted by Crippen LogP contribution is 2.39. The van der Waals surface area contributed by atoms with Crippen LogP contribution in [0.2, 0.25) is 18.1 Å². The van der Waals surface area contributed by atoms with Crippen molar-refractivity contribution in [2.24, 2.45) is 11.8 Å². The van der Waals surface area contributed by atoms with Crippen LogP contribution in [0.5, 0.6) is 0 Å². The van der Waals surface area contributed by atoms with Crippen molar-refractivity contribution in [3.8, 4) is 11.1 Å². The van der Waals surface area contributed by atoms with Gasteiger partial charge in [-0.25, -0.2) is 9.59 Å². The molecule has 6 heteroatoms. The van der Waals surface area contributed by atoms with Gasteiger partial charge in [0.15, 0.2) is 8.32 Å². The van der Waals surface area contributed by atoms with Crippen molar-refractivity contribution in [1.82, 2.24) is 0 Å². The van der Waals surface area contributed by atoms with Gasteiger partial charge in [0.05, 0.1) is 5.56 Å². The van der Waals surface area contributed by atoms with Crippen molar-refractivity contribution < 1.29 is 23.9 Å². The molecule has 0 saturated heterocycles. The molecule has 0 radical (unpaired) electrons. The Morgan fingerprint density at radius 2 is 1.54 bits per heavy atom. The van der Waals surface area contributed by atoms with Crippen LogP contribution in [0.1, 0.15) is 122 Å². The maximum absolute atomic E-state index is 13.3. The highest BCUT2D eigenvalue weighted by atomic mass is 28.4. The summed E-state index contributed by atoms with van der Waals surface area (Å²) in [6.07, 6.45) is 13.7. The van der Waals surface area contributed by atoms with E-state index >= 15 is 0 Å². The second-order valence-electron chi connectivity index (χ2n) is 15.0. The first-order valence-electron chi connectivity index (χ1n) is 17.8. The summed E-state index contributed by atoms with van der Waals surface area (Å²) in [6.45, 7) is 15.3. The van der Waals surface area contributed by atoms with E-state index in [2.05, 4.69) is 65.9 Å². The molecule has 0 heterocycles. The van der Waals surface area contributed by atoms with Crippen LogP contribution < -0.4 is 0 Å². The van der Waals surface area contributed by atoms with E-state index in [0.29, 0.717) is 12.0 Å². The molecular weight excluding hydrogens is 589 g/mol. The Kier molecular flexibility index (Phi) is 14.8. The molecule has 3 rings (SSSR count). The average Bonchev–Trinajstić information content (AvgIpc) is 3.39. The van der Waals surface area contributed by atoms with Gasteiger partial charge in [-0.05, 0) is 73.0 Å². The van der Waals surface area contributed by atoms with Crippen LogP contribution in [-0.2, 0) is 14.0 Å². The van der Waals surface area contributed by atoms with Crippen molar-refractivity contribution >= 4 is 20.3 Å². The summed E-state index contributed by atoms with van der Waals surface area (Å²) in [6, 6.07) is 17.9. The molecule has 254 valence electrons. The fourth-order valence-electron chi connectivity index (χ4n) is 6.23. The molecule has 0 saturated carbocycles. The standard InChI is InChI=1S/C40H60O5Si/c1-8-9-17-30(2)18-16-21-33-28-29-36(44-39(43)34-26-24-32(25-27-34)31-19-12-10-13-20-31)35(33)22-14-11-15-23-37(38(41)42)45-46(6,7)40(3,4)5/h10,12-13,19-20,24-28,30,35-37H,8-9,11,14-18,21-23,29H2,1-7H3,(H,41,42)/t30?,35-,36+,37?/m1/s1. The van der Waals surface area contributed by atoms with E-state index in [-0.39, 0.29) is 23.0 Å². The Morgan fingerprint density at radius 3 is 2.17 bits per heavy atom. The van der Waals surface area contributed by atoms with Gasteiger partial charge in [0.2, 0.25) is 0 Å². The lowest BCUT2D eigenvalue weighted by molar-refractivity contribution is -0.146. The number of carbonyl (C=O) groups is 2. The molecular formula is C40H60O5Si. The van der Waals surface area contributed by atoms with Crippen LogP contribution in [0, 0.1) is 11.8 Å². The maximum atomic E-state index is 13.3. The lowest BCUT2D eigenvalue weighted by Crippen LogP contribution is -2.46. The predicted octanol–water partition coefficient (Wildman–Crippen LogP) is 11.2. The number of hydrogen-bond donors (Lipinski definition) is 1. The van der Waals surface area contributed by atoms with E-state index in [4.69, 9.17) is 9.16 Å². The molecule has 1 aliphatic carbocycles. The van der Waals surface area contributed by atoms with Gasteiger partial charge in [-0.15, -0.1) is 0 Å². The number of aliphatic carboxylic acids is 1. The number of benzene rings is 2. The van der Waals surface area contributed by atoms with Gasteiger partial charge in [0.1, 0.15) is 12.2 Å². The number of rotatable bonds is 19. The van der Waals surface area contributed by atoms with Gasteiger partial charge in [-0.2, -0.15) is 0 Å². The highest BCUT2D eigenvalue weighted by Gasteiger charge is 2.40. The number of esters is 1. The zero-order valence-electron chi connectivity index (χ0n) is 29.6. The van der Waals surface area contributed by atoms with E-state index in [1.165, 1.54) is 37.7 Å². The topological polar surface area (TPSA) is 72.8 Å². The van der Waals surface area contributed by atoms with Crippen molar-refractivity contribution in [3.63, 3.8) is 0 Å². The molecule has 0 bridgehead atoms. The Bertz CT molecular complexity index is 1240. The lowest BCUT2D eigenvalue weighted by atomic mass is 9.88. The Balaban J connectivity index is 1.59. The van der Waals surface area contributed by atoms with E-state index in [9.17, 15) is 14.7 Å². The van der Waals surface area contributed by atoms with Gasteiger partial charge in [0.25, 0.3) is 0 Å². The Morgan fingerprint density at radius 1 is 0.891 bits per heavy atom. The number of carboxylic acid groups (broad SMARTS) is 1. The minimum atomic E-state index is -2.17. The fourth-order valence-corrected chi connectivity index (χ4v) is 7.52. The summed E-state index contributed by atoms with van der Waals surface area (Å²) in [7, 11) is -2.17. The van der Waals surface area contributed by atoms with Crippen molar-refractivity contribution in [1.29, 1.82) is 0 Å². The molecule has 4 atom stereocenters. The monoisotopic (exact) mass is 648 g/mol. The molecule has 5 nitrogen and oxygen atoms in total. The van der Waals surface area contributed by atoms with Gasteiger partial charge in [0, 0.05) is 12.3 Å². The second kappa shape index (κ2) is 18.0. The predicted molar refractivity (Wildman–Crippen MR) is 193 cm³/mol. The fraction of sp³-hybridized carbons (Fsp3) is 0.600. The highest BCUT2D eigenvalue weighted by molar-refractivity contribution is 6.74. The normalized spacial score (nSPS) is 18.2. The van der Waals surface area contributed by atoms with E-state index in [1.807, 2.05) is 42.5 Å². The molecule has 1 N–H and O–H groups in total. The SMILES string of the molecule is CCCCC(C)CCCC1=CC[C@H](OC(=O)c2ccc(-c3ccccc3)cc2)[C@@H]1CCCCCC(O[Si](C)(C)C(C)(C)C)C(=O)O. The third-order valence-electron chi connectivity index (χ3n) is 10.2. The molecule has 2 aromatic carbocycles. The molecule has 1 aliphatic rings. The average molecular weight is 649 g/mol. The lowest BCUT2D eigenvalue weighted by Gasteiger charge is -2.38. The number of hydrogen-bond acceptors (Lipinski definition) is 4. The van der Waals surface area contributed by atoms with Crippen LogP contribution in [0.15, 0.2) is 66.2 Å². The maximum Gasteiger partial charge on any atom is 0.338 e. The molecule has 0 fully saturated rings. The smallest absolute Gasteiger partial charge is 0.338 e. The third-order valence-corrected chi connectivity index (χ3v) is 14.7. The summed E-state index contributed by atoms with van der Waals surface area (Å²) < 4.78 is 12.5. The zero-order chi connectivity index (χ0) is 33.7. The first-order chi connectivity index (χ1) is 21.8. The van der Waals surface area contributed by atoms with E-state index < -0.39 is 20.4 Å². The number of carboxylic acids is 1. The van der Waals surface area contributed by atoms with Gasteiger partial charge in [-0.3, -0.25) is 0 Å². The third kappa shape index (κ3) is 11.5. The molecule has 0 spiro atoms. The van der Waals surface area contributed by atoms with Crippen LogP contribution in [0.3, 0.4) is 0 Å². The Labute approximate surface area is 280 Å². The summed E-state index contributed by atoms with van der Waals surface area (Å²) >= 11 is 0. The molecule has 0 aliphatic heterocycles. The summed E-state index contributed by atoms with van der Waals surface area (Å²) in [5.41, 5.74) is 4.22. The summed E-state index contributed by atoms with van der Waals surface area (Å²) in [5.74, 6) is -0.159. The molecule has 0 amide bonds. The van der Waals surface area contributed by atoms with Crippen LogP contribution in [-0.4, -0.2) is 37.6 Å². The molecule has 2 aromatic rings. The zero-order valence-corrected chi connectivity index (χ0v) is 30.6. The largest absolute Gasteiger partial charge is 0.479 e. The van der Waals surface area contributed by atoms with Gasteiger partial charge >= 0.3 is 11.9 Å². The summed E-state index contributed by atoms with van der Waals surface area (Å²) in [4.78, 5) is 25.3. The second-order valence-corrected chi connectivity index (χ2v) is 19.7. The molecule has 2 unspecified atom stereocenters. The van der Waals surface area contributed by atoms with Crippen molar-refractivity contribution in [3.05, 3.63) is 71.8 Å². The van der Waals surface area contributed by atoms with Crippen molar-refractivity contribution in [2.45, 2.75) is 142 Å². The number of ether oxygens (including phenoxy) is 1. The van der Waals surface area contributed by atoms with E-state index in [1.54, 1.807) is 0 Å². The molecule has 0 aromatic heterocycles. The molecule has 46 heavy (non-hydrogen) atoms. The van der Waals surface area contributed by atoms with Gasteiger partial charge < -0.3 is 14.3 Å². The van der Waals surface area contributed by atoms with Crippen molar-refractivity contribution in [2.75, 3.05) is 0 Å². The quantitative estimate of drug-likeness (QED) is 0.0710. The van der Waals surface area contributed by atoms with E-state index in [0.717, 1.165) is 55.6 Å².